The molecular weight excluding hydrogens is 264 g/mol. The van der Waals surface area contributed by atoms with Crippen molar-refractivity contribution in [3.05, 3.63) is 47.5 Å². The van der Waals surface area contributed by atoms with Crippen molar-refractivity contribution in [1.29, 1.82) is 0 Å². The summed E-state index contributed by atoms with van der Waals surface area (Å²) in [6.45, 7) is 5.78. The first-order valence-electron chi connectivity index (χ1n) is 7.22. The molecule has 1 aromatic carbocycles. The first-order chi connectivity index (χ1) is 10.2. The molecule has 2 rings (SSSR count). The predicted molar refractivity (Wildman–Crippen MR) is 84.4 cm³/mol. The van der Waals surface area contributed by atoms with Gasteiger partial charge in [-0.25, -0.2) is 4.98 Å². The van der Waals surface area contributed by atoms with Crippen molar-refractivity contribution in [3.63, 3.8) is 0 Å². The Kier molecular flexibility index (Phi) is 4.98. The van der Waals surface area contributed by atoms with Crippen molar-refractivity contribution in [2.24, 2.45) is 0 Å². The highest BCUT2D eigenvalue weighted by Crippen LogP contribution is 2.18. The Morgan fingerprint density at radius 2 is 2.19 bits per heavy atom. The third-order valence-corrected chi connectivity index (χ3v) is 3.43. The lowest BCUT2D eigenvalue weighted by Crippen LogP contribution is -2.18. The number of aryl methyl sites for hydroxylation is 2. The number of rotatable bonds is 6. The number of anilines is 1. The molecule has 112 valence electrons. The molecule has 21 heavy (non-hydrogen) atoms. The number of nitrogens with zero attached hydrogens (tertiary/aromatic N) is 2. The Morgan fingerprint density at radius 1 is 1.38 bits per heavy atom. The summed E-state index contributed by atoms with van der Waals surface area (Å²) in [5.41, 5.74) is 2.72. The molecule has 0 radical (unpaired) electrons. The Bertz CT molecular complexity index is 618. The first-order valence-corrected chi connectivity index (χ1v) is 7.22. The smallest absolute Gasteiger partial charge is 0.251 e. The van der Waals surface area contributed by atoms with Crippen LogP contribution in [0.4, 0.5) is 5.69 Å². The average Bonchev–Trinajstić information content (AvgIpc) is 2.93. The minimum absolute atomic E-state index is 0.0782. The Labute approximate surface area is 125 Å². The van der Waals surface area contributed by atoms with Crippen LogP contribution in [-0.4, -0.2) is 22.5 Å². The lowest BCUT2D eigenvalue weighted by atomic mass is 10.1. The van der Waals surface area contributed by atoms with E-state index in [-0.39, 0.29) is 5.91 Å². The minimum Gasteiger partial charge on any atom is -0.378 e. The molecular formula is C16H22N4O. The van der Waals surface area contributed by atoms with E-state index in [1.54, 1.807) is 7.05 Å². The number of amides is 1. The van der Waals surface area contributed by atoms with Gasteiger partial charge in [0.1, 0.15) is 5.82 Å². The number of aromatic nitrogens is 2. The van der Waals surface area contributed by atoms with Crippen molar-refractivity contribution in [1.82, 2.24) is 14.9 Å². The zero-order chi connectivity index (χ0) is 15.2. The molecule has 0 aliphatic rings. The number of carbonyl (C=O) groups excluding carboxylic acids is 1. The number of hydrogen-bond acceptors (Lipinski definition) is 3. The third-order valence-electron chi connectivity index (χ3n) is 3.43. The van der Waals surface area contributed by atoms with Gasteiger partial charge in [0.25, 0.3) is 5.91 Å². The van der Waals surface area contributed by atoms with Gasteiger partial charge in [0.05, 0.1) is 6.54 Å². The molecule has 2 aromatic rings. The number of hydrogen-bond donors (Lipinski definition) is 2. The fourth-order valence-electron chi connectivity index (χ4n) is 2.22. The highest BCUT2D eigenvalue weighted by molar-refractivity contribution is 5.95. The number of imidazole rings is 1. The van der Waals surface area contributed by atoms with E-state index in [4.69, 9.17) is 0 Å². The summed E-state index contributed by atoms with van der Waals surface area (Å²) in [6.07, 6.45) is 4.89. The quantitative estimate of drug-likeness (QED) is 0.858. The topological polar surface area (TPSA) is 59.0 Å². The summed E-state index contributed by atoms with van der Waals surface area (Å²) >= 11 is 0. The van der Waals surface area contributed by atoms with Gasteiger partial charge in [-0.1, -0.05) is 13.0 Å². The van der Waals surface area contributed by atoms with Crippen LogP contribution < -0.4 is 10.6 Å². The predicted octanol–water partition coefficient (Wildman–Crippen LogP) is 2.57. The summed E-state index contributed by atoms with van der Waals surface area (Å²) < 4.78 is 2.14. The van der Waals surface area contributed by atoms with Crippen LogP contribution in [-0.2, 0) is 13.1 Å². The van der Waals surface area contributed by atoms with Crippen LogP contribution in [0.15, 0.2) is 30.6 Å². The molecule has 0 saturated heterocycles. The molecule has 0 spiro atoms. The molecule has 0 unspecified atom stereocenters. The fourth-order valence-corrected chi connectivity index (χ4v) is 2.22. The summed E-state index contributed by atoms with van der Waals surface area (Å²) in [6, 6.07) is 5.66. The average molecular weight is 286 g/mol. The van der Waals surface area contributed by atoms with Crippen molar-refractivity contribution >= 4 is 11.6 Å². The van der Waals surface area contributed by atoms with Gasteiger partial charge >= 0.3 is 0 Å². The van der Waals surface area contributed by atoms with E-state index < -0.39 is 0 Å². The minimum atomic E-state index is -0.0782. The maximum atomic E-state index is 11.7. The highest BCUT2D eigenvalue weighted by atomic mass is 16.1. The normalized spacial score (nSPS) is 10.4. The molecule has 0 aliphatic carbocycles. The third kappa shape index (κ3) is 3.62. The van der Waals surface area contributed by atoms with E-state index >= 15 is 0 Å². The van der Waals surface area contributed by atoms with E-state index in [1.165, 1.54) is 0 Å². The molecule has 0 saturated carbocycles. The second-order valence-electron chi connectivity index (χ2n) is 5.00. The van der Waals surface area contributed by atoms with Crippen LogP contribution in [0.5, 0.6) is 0 Å². The molecule has 0 fully saturated rings. The summed E-state index contributed by atoms with van der Waals surface area (Å²) in [4.78, 5) is 16.1. The number of carbonyl (C=O) groups is 1. The van der Waals surface area contributed by atoms with Crippen molar-refractivity contribution in [2.45, 2.75) is 33.4 Å². The maximum Gasteiger partial charge on any atom is 0.251 e. The molecule has 1 amide bonds. The molecule has 0 bridgehead atoms. The molecule has 0 atom stereocenters. The Hall–Kier alpha value is -2.30. The summed E-state index contributed by atoms with van der Waals surface area (Å²) in [5.74, 6) is 0.923. The van der Waals surface area contributed by atoms with Crippen LogP contribution in [0.25, 0.3) is 0 Å². The van der Waals surface area contributed by atoms with E-state index in [2.05, 4.69) is 27.1 Å². The standard InChI is InChI=1S/C16H22N4O/c1-4-8-20-9-7-18-15(20)11-19-14-10-13(16(21)17-3)6-5-12(14)2/h5-7,9-10,19H,4,8,11H2,1-3H3,(H,17,21). The molecule has 0 aliphatic heterocycles. The lowest BCUT2D eigenvalue weighted by Gasteiger charge is -2.12. The van der Waals surface area contributed by atoms with E-state index in [1.807, 2.05) is 37.5 Å². The molecule has 5 heteroatoms. The van der Waals surface area contributed by atoms with Crippen molar-refractivity contribution in [2.75, 3.05) is 12.4 Å². The van der Waals surface area contributed by atoms with E-state index in [0.29, 0.717) is 12.1 Å². The van der Waals surface area contributed by atoms with E-state index in [0.717, 1.165) is 30.0 Å². The van der Waals surface area contributed by atoms with Crippen LogP contribution >= 0.6 is 0 Å². The summed E-state index contributed by atoms with van der Waals surface area (Å²) in [5, 5.41) is 6.01. The van der Waals surface area contributed by atoms with Crippen LogP contribution in [0.2, 0.25) is 0 Å². The molecule has 1 heterocycles. The Morgan fingerprint density at radius 3 is 2.90 bits per heavy atom. The largest absolute Gasteiger partial charge is 0.378 e. The SMILES string of the molecule is CCCn1ccnc1CNc1cc(C(=O)NC)ccc1C. The lowest BCUT2D eigenvalue weighted by molar-refractivity contribution is 0.0963. The van der Waals surface area contributed by atoms with Gasteiger partial charge in [-0.2, -0.15) is 0 Å². The molecule has 1 aromatic heterocycles. The summed E-state index contributed by atoms with van der Waals surface area (Å²) in [7, 11) is 1.64. The Balaban J connectivity index is 2.12. The fraction of sp³-hybridized carbons (Fsp3) is 0.375. The second kappa shape index (κ2) is 6.92. The van der Waals surface area contributed by atoms with E-state index in [9.17, 15) is 4.79 Å². The molecule has 2 N–H and O–H groups in total. The first kappa shape index (κ1) is 15.1. The van der Waals surface area contributed by atoms with Crippen LogP contribution in [0, 0.1) is 6.92 Å². The van der Waals surface area contributed by atoms with Gasteiger partial charge in [0.15, 0.2) is 0 Å². The van der Waals surface area contributed by atoms with Gasteiger partial charge in [-0.05, 0) is 31.0 Å². The van der Waals surface area contributed by atoms with Crippen LogP contribution in [0.1, 0.15) is 35.1 Å². The van der Waals surface area contributed by atoms with Gasteiger partial charge in [0, 0.05) is 37.2 Å². The van der Waals surface area contributed by atoms with Crippen LogP contribution in [0.3, 0.4) is 0 Å². The van der Waals surface area contributed by atoms with Crippen molar-refractivity contribution < 1.29 is 4.79 Å². The highest BCUT2D eigenvalue weighted by Gasteiger charge is 2.07. The zero-order valence-corrected chi connectivity index (χ0v) is 12.8. The van der Waals surface area contributed by atoms with Crippen molar-refractivity contribution in [3.8, 4) is 0 Å². The monoisotopic (exact) mass is 286 g/mol. The van der Waals surface area contributed by atoms with Gasteiger partial charge in [0.2, 0.25) is 0 Å². The van der Waals surface area contributed by atoms with Gasteiger partial charge in [-0.3, -0.25) is 4.79 Å². The zero-order valence-electron chi connectivity index (χ0n) is 12.8. The number of benzene rings is 1. The van der Waals surface area contributed by atoms with Gasteiger partial charge in [-0.15, -0.1) is 0 Å². The molecule has 5 nitrogen and oxygen atoms in total. The van der Waals surface area contributed by atoms with Gasteiger partial charge < -0.3 is 15.2 Å². The number of nitrogens with one attached hydrogen (secondary N) is 2. The second-order valence-corrected chi connectivity index (χ2v) is 5.00. The maximum absolute atomic E-state index is 11.7.